The smallest absolute Gasteiger partial charge is 0.231 e. The van der Waals surface area contributed by atoms with Crippen LogP contribution in [0.25, 0.3) is 0 Å². The Morgan fingerprint density at radius 2 is 1.93 bits per heavy atom. The van der Waals surface area contributed by atoms with Crippen molar-refractivity contribution in [2.45, 2.75) is 51.8 Å². The topological polar surface area (TPSA) is 92.0 Å². The van der Waals surface area contributed by atoms with Crippen molar-refractivity contribution in [3.63, 3.8) is 0 Å². The Kier molecular flexibility index (Phi) is 10.0. The molecule has 1 aliphatic heterocycles. The molecule has 0 unspecified atom stereocenters. The first-order valence-electron chi connectivity index (χ1n) is 9.51. The first-order chi connectivity index (χ1) is 12.8. The van der Waals surface area contributed by atoms with E-state index < -0.39 is 0 Å². The van der Waals surface area contributed by atoms with Crippen LogP contribution in [0.15, 0.2) is 29.3 Å². The van der Waals surface area contributed by atoms with Crippen LogP contribution < -0.4 is 21.1 Å². The number of aliphatic imine (C=N–C) groups is 1. The number of amides is 1. The van der Waals surface area contributed by atoms with Gasteiger partial charge in [0.25, 0.3) is 0 Å². The van der Waals surface area contributed by atoms with E-state index in [2.05, 4.69) is 26.6 Å². The maximum Gasteiger partial charge on any atom is 0.231 e. The van der Waals surface area contributed by atoms with E-state index in [0.29, 0.717) is 19.1 Å². The molecule has 0 saturated carbocycles. The molecule has 1 heterocycles. The van der Waals surface area contributed by atoms with Gasteiger partial charge in [-0.2, -0.15) is 0 Å². The molecule has 1 fully saturated rings. The van der Waals surface area contributed by atoms with E-state index in [0.717, 1.165) is 43.2 Å². The number of hydrogen-bond donors (Lipinski definition) is 3. The van der Waals surface area contributed by atoms with Crippen LogP contribution in [-0.4, -0.2) is 55.1 Å². The summed E-state index contributed by atoms with van der Waals surface area (Å²) in [6.07, 6.45) is 1.91. The standard InChI is InChI=1S/C20H33N5O2.HI/c1-20(2,3)27-17-8-6-5-7-15(17)13-23-19(22-4)24-16-9-11-25(12-10-16)14-18(21)26;/h5-8,16H,9-14H2,1-4H3,(H2,21,26)(H2,22,23,24);1H. The number of hydrogen-bond acceptors (Lipinski definition) is 4. The lowest BCUT2D eigenvalue weighted by atomic mass is 10.1. The van der Waals surface area contributed by atoms with Crippen molar-refractivity contribution in [3.8, 4) is 5.75 Å². The Balaban J connectivity index is 0.00000392. The van der Waals surface area contributed by atoms with Gasteiger partial charge in [0, 0.05) is 38.3 Å². The van der Waals surface area contributed by atoms with E-state index in [-0.39, 0.29) is 35.5 Å². The summed E-state index contributed by atoms with van der Waals surface area (Å²) < 4.78 is 6.05. The maximum absolute atomic E-state index is 11.0. The van der Waals surface area contributed by atoms with E-state index >= 15 is 0 Å². The van der Waals surface area contributed by atoms with Crippen molar-refractivity contribution in [2.24, 2.45) is 10.7 Å². The van der Waals surface area contributed by atoms with Crippen molar-refractivity contribution >= 4 is 35.8 Å². The molecule has 1 aromatic carbocycles. The third kappa shape index (κ3) is 8.64. The lowest BCUT2D eigenvalue weighted by Crippen LogP contribution is -2.49. The van der Waals surface area contributed by atoms with Crippen molar-refractivity contribution in [3.05, 3.63) is 29.8 Å². The second-order valence-electron chi connectivity index (χ2n) is 7.91. The summed E-state index contributed by atoms with van der Waals surface area (Å²) in [6, 6.07) is 8.38. The van der Waals surface area contributed by atoms with Crippen molar-refractivity contribution in [2.75, 3.05) is 26.7 Å². The third-order valence-electron chi connectivity index (χ3n) is 4.37. The fraction of sp³-hybridized carbons (Fsp3) is 0.600. The van der Waals surface area contributed by atoms with E-state index in [1.165, 1.54) is 0 Å². The Hall–Kier alpha value is -1.55. The van der Waals surface area contributed by atoms with Gasteiger partial charge in [-0.25, -0.2) is 0 Å². The minimum Gasteiger partial charge on any atom is -0.488 e. The summed E-state index contributed by atoms with van der Waals surface area (Å²) in [4.78, 5) is 17.5. The van der Waals surface area contributed by atoms with Crippen molar-refractivity contribution in [1.29, 1.82) is 0 Å². The monoisotopic (exact) mass is 503 g/mol. The van der Waals surface area contributed by atoms with Crippen LogP contribution in [-0.2, 0) is 11.3 Å². The minimum absolute atomic E-state index is 0. The van der Waals surface area contributed by atoms with Crippen LogP contribution in [0, 0.1) is 0 Å². The summed E-state index contributed by atoms with van der Waals surface area (Å²) >= 11 is 0. The maximum atomic E-state index is 11.0. The second-order valence-corrected chi connectivity index (χ2v) is 7.91. The predicted molar refractivity (Wildman–Crippen MR) is 124 cm³/mol. The number of carbonyl (C=O) groups excluding carboxylic acids is 1. The number of nitrogens with two attached hydrogens (primary N) is 1. The number of ether oxygens (including phenoxy) is 1. The zero-order valence-electron chi connectivity index (χ0n) is 17.3. The molecular formula is C20H34IN5O2. The first kappa shape index (κ1) is 24.5. The first-order valence-corrected chi connectivity index (χ1v) is 9.51. The molecule has 0 bridgehead atoms. The van der Waals surface area contributed by atoms with Gasteiger partial charge in [0.15, 0.2) is 5.96 Å². The lowest BCUT2D eigenvalue weighted by Gasteiger charge is -2.32. The normalized spacial score (nSPS) is 16.2. The number of carbonyl (C=O) groups is 1. The number of nitrogens with one attached hydrogen (secondary N) is 2. The number of rotatable bonds is 6. The van der Waals surface area contributed by atoms with Crippen LogP contribution in [0.1, 0.15) is 39.2 Å². The van der Waals surface area contributed by atoms with E-state index in [4.69, 9.17) is 10.5 Å². The molecular weight excluding hydrogens is 469 g/mol. The number of para-hydroxylation sites is 1. The summed E-state index contributed by atoms with van der Waals surface area (Å²) in [6.45, 7) is 8.82. The number of likely N-dealkylation sites (tertiary alicyclic amines) is 1. The Morgan fingerprint density at radius 3 is 2.50 bits per heavy atom. The zero-order chi connectivity index (χ0) is 19.9. The number of benzene rings is 1. The van der Waals surface area contributed by atoms with Gasteiger partial charge in [-0.15, -0.1) is 24.0 Å². The molecule has 2 rings (SSSR count). The minimum atomic E-state index is -0.268. The van der Waals surface area contributed by atoms with E-state index in [9.17, 15) is 4.79 Å². The number of halogens is 1. The molecule has 0 aliphatic carbocycles. The average molecular weight is 503 g/mol. The summed E-state index contributed by atoms with van der Waals surface area (Å²) in [5.41, 5.74) is 6.12. The third-order valence-corrected chi connectivity index (χ3v) is 4.37. The van der Waals surface area contributed by atoms with Gasteiger partial charge >= 0.3 is 0 Å². The summed E-state index contributed by atoms with van der Waals surface area (Å²) in [7, 11) is 1.77. The average Bonchev–Trinajstić information content (AvgIpc) is 2.59. The van der Waals surface area contributed by atoms with Gasteiger partial charge in [-0.05, 0) is 39.7 Å². The molecule has 1 aromatic rings. The molecule has 0 radical (unpaired) electrons. The highest BCUT2D eigenvalue weighted by Crippen LogP contribution is 2.22. The highest BCUT2D eigenvalue weighted by atomic mass is 127. The Labute approximate surface area is 185 Å². The predicted octanol–water partition coefficient (Wildman–Crippen LogP) is 2.10. The van der Waals surface area contributed by atoms with Crippen LogP contribution in [0.4, 0.5) is 0 Å². The molecule has 0 atom stereocenters. The van der Waals surface area contributed by atoms with Crippen molar-refractivity contribution < 1.29 is 9.53 Å². The fourth-order valence-corrected chi connectivity index (χ4v) is 3.10. The van der Waals surface area contributed by atoms with Gasteiger partial charge in [0.2, 0.25) is 5.91 Å². The largest absolute Gasteiger partial charge is 0.488 e. The van der Waals surface area contributed by atoms with Gasteiger partial charge in [-0.3, -0.25) is 14.7 Å². The van der Waals surface area contributed by atoms with Gasteiger partial charge in [-0.1, -0.05) is 18.2 Å². The number of guanidine groups is 1. The van der Waals surface area contributed by atoms with Crippen molar-refractivity contribution in [1.82, 2.24) is 15.5 Å². The number of nitrogens with zero attached hydrogens (tertiary/aromatic N) is 2. The number of primary amides is 1. The Morgan fingerprint density at radius 1 is 1.29 bits per heavy atom. The lowest BCUT2D eigenvalue weighted by molar-refractivity contribution is -0.119. The van der Waals surface area contributed by atoms with Crippen LogP contribution in [0.5, 0.6) is 5.75 Å². The van der Waals surface area contributed by atoms with E-state index in [1.54, 1.807) is 7.05 Å². The van der Waals surface area contributed by atoms with Crippen LogP contribution >= 0.6 is 24.0 Å². The SMILES string of the molecule is CN=C(NCc1ccccc1OC(C)(C)C)NC1CCN(CC(N)=O)CC1.I. The van der Waals surface area contributed by atoms with E-state index in [1.807, 2.05) is 39.0 Å². The number of piperidine rings is 1. The molecule has 0 aromatic heterocycles. The summed E-state index contributed by atoms with van der Waals surface area (Å²) in [5, 5.41) is 6.85. The highest BCUT2D eigenvalue weighted by Gasteiger charge is 2.21. The molecule has 1 saturated heterocycles. The van der Waals surface area contributed by atoms with Gasteiger partial charge < -0.3 is 21.1 Å². The zero-order valence-corrected chi connectivity index (χ0v) is 19.7. The van der Waals surface area contributed by atoms with Crippen LogP contribution in [0.2, 0.25) is 0 Å². The quantitative estimate of drug-likeness (QED) is 0.314. The molecule has 4 N–H and O–H groups in total. The van der Waals surface area contributed by atoms with Crippen LogP contribution in [0.3, 0.4) is 0 Å². The molecule has 0 spiro atoms. The molecule has 1 amide bonds. The molecule has 1 aliphatic rings. The molecule has 7 nitrogen and oxygen atoms in total. The summed E-state index contributed by atoms with van der Waals surface area (Å²) in [5.74, 6) is 1.39. The Bertz CT molecular complexity index is 652. The molecule has 158 valence electrons. The second kappa shape index (κ2) is 11.5. The molecule has 8 heteroatoms. The fourth-order valence-electron chi connectivity index (χ4n) is 3.10. The van der Waals surface area contributed by atoms with Gasteiger partial charge in [0.05, 0.1) is 6.54 Å². The molecule has 28 heavy (non-hydrogen) atoms. The van der Waals surface area contributed by atoms with Gasteiger partial charge in [0.1, 0.15) is 11.4 Å². The highest BCUT2D eigenvalue weighted by molar-refractivity contribution is 14.0.